The SMILES string of the molecule is O=C(NC1CCCCC1)C(Cc1ccccc1)N(Cc1cccc(Br)c1)C(=O)CSCc1c(Cl)cccc1Cl. The molecule has 206 valence electrons. The molecule has 3 aromatic rings. The molecule has 2 amide bonds. The molecular formula is C31H33BrCl2N2O2S. The Kier molecular flexibility index (Phi) is 11.6. The summed E-state index contributed by atoms with van der Waals surface area (Å²) in [6.07, 6.45) is 5.86. The molecule has 1 atom stereocenters. The summed E-state index contributed by atoms with van der Waals surface area (Å²) in [5, 5.41) is 4.46. The van der Waals surface area contributed by atoms with Gasteiger partial charge < -0.3 is 10.2 Å². The van der Waals surface area contributed by atoms with Crippen LogP contribution in [-0.2, 0) is 28.3 Å². The van der Waals surface area contributed by atoms with Gasteiger partial charge in [-0.25, -0.2) is 0 Å². The minimum atomic E-state index is -0.634. The minimum Gasteiger partial charge on any atom is -0.352 e. The van der Waals surface area contributed by atoms with E-state index in [0.29, 0.717) is 28.8 Å². The molecule has 1 unspecified atom stereocenters. The van der Waals surface area contributed by atoms with Crippen molar-refractivity contribution >= 4 is 62.7 Å². The number of nitrogens with zero attached hydrogens (tertiary/aromatic N) is 1. The molecule has 0 radical (unpaired) electrons. The number of amides is 2. The van der Waals surface area contributed by atoms with Gasteiger partial charge in [-0.05, 0) is 53.8 Å². The van der Waals surface area contributed by atoms with Gasteiger partial charge in [0.15, 0.2) is 0 Å². The second-order valence-electron chi connectivity index (χ2n) is 9.89. The van der Waals surface area contributed by atoms with Crippen LogP contribution in [0.3, 0.4) is 0 Å². The zero-order chi connectivity index (χ0) is 27.6. The van der Waals surface area contributed by atoms with E-state index < -0.39 is 6.04 Å². The molecule has 1 saturated carbocycles. The lowest BCUT2D eigenvalue weighted by atomic mass is 9.94. The largest absolute Gasteiger partial charge is 0.352 e. The molecule has 0 saturated heterocycles. The predicted octanol–water partition coefficient (Wildman–Crippen LogP) is 8.08. The highest BCUT2D eigenvalue weighted by Crippen LogP contribution is 2.29. The van der Waals surface area contributed by atoms with Gasteiger partial charge in [0, 0.05) is 39.3 Å². The molecule has 0 aromatic heterocycles. The molecule has 1 aliphatic rings. The van der Waals surface area contributed by atoms with Gasteiger partial charge in [-0.15, -0.1) is 11.8 Å². The molecule has 0 spiro atoms. The normalized spacial score (nSPS) is 14.5. The standard InChI is InChI=1S/C31H33BrCl2N2O2S/c32-24-12-7-11-23(17-24)19-36(30(37)21-39-20-26-27(33)15-8-16-28(26)34)29(18-22-9-3-1-4-10-22)31(38)35-25-13-5-2-6-14-25/h1,3-4,7-12,15-17,25,29H,2,5-6,13-14,18-21H2,(H,35,38). The van der Waals surface area contributed by atoms with Crippen molar-refractivity contribution in [3.05, 3.63) is 104 Å². The van der Waals surface area contributed by atoms with Crippen molar-refractivity contribution in [2.45, 2.75) is 62.9 Å². The number of carbonyl (C=O) groups is 2. The third kappa shape index (κ3) is 9.01. The third-order valence-electron chi connectivity index (χ3n) is 7.00. The second kappa shape index (κ2) is 15.1. The first kappa shape index (κ1) is 30.0. The lowest BCUT2D eigenvalue weighted by molar-refractivity contribution is -0.139. The number of benzene rings is 3. The molecule has 0 aliphatic heterocycles. The highest BCUT2D eigenvalue weighted by atomic mass is 79.9. The Bertz CT molecular complexity index is 1230. The van der Waals surface area contributed by atoms with Gasteiger partial charge >= 0.3 is 0 Å². The van der Waals surface area contributed by atoms with Crippen molar-refractivity contribution in [1.82, 2.24) is 10.2 Å². The average molecular weight is 648 g/mol. The summed E-state index contributed by atoms with van der Waals surface area (Å²) in [7, 11) is 0. The van der Waals surface area contributed by atoms with E-state index in [1.54, 1.807) is 17.0 Å². The van der Waals surface area contributed by atoms with Gasteiger partial charge in [0.05, 0.1) is 5.75 Å². The van der Waals surface area contributed by atoms with Crippen molar-refractivity contribution in [1.29, 1.82) is 0 Å². The van der Waals surface area contributed by atoms with Gasteiger partial charge in [-0.2, -0.15) is 0 Å². The number of nitrogens with one attached hydrogen (secondary N) is 1. The molecule has 39 heavy (non-hydrogen) atoms. The van der Waals surface area contributed by atoms with Gasteiger partial charge in [0.2, 0.25) is 11.8 Å². The van der Waals surface area contributed by atoms with Crippen LogP contribution in [0.4, 0.5) is 0 Å². The fraction of sp³-hybridized carbons (Fsp3) is 0.355. The van der Waals surface area contributed by atoms with E-state index in [-0.39, 0.29) is 23.6 Å². The lowest BCUT2D eigenvalue weighted by Crippen LogP contribution is -2.53. The first-order valence-electron chi connectivity index (χ1n) is 13.3. The van der Waals surface area contributed by atoms with Gasteiger partial charge in [0.25, 0.3) is 0 Å². The van der Waals surface area contributed by atoms with Crippen LogP contribution < -0.4 is 5.32 Å². The van der Waals surface area contributed by atoms with Crippen LogP contribution in [0.25, 0.3) is 0 Å². The van der Waals surface area contributed by atoms with Crippen LogP contribution in [-0.4, -0.2) is 34.6 Å². The Labute approximate surface area is 254 Å². The zero-order valence-electron chi connectivity index (χ0n) is 21.8. The van der Waals surface area contributed by atoms with Crippen LogP contribution in [0.15, 0.2) is 77.3 Å². The van der Waals surface area contributed by atoms with Crippen molar-refractivity contribution < 1.29 is 9.59 Å². The van der Waals surface area contributed by atoms with E-state index in [1.165, 1.54) is 18.2 Å². The number of halogens is 3. The number of hydrogen-bond donors (Lipinski definition) is 1. The van der Waals surface area contributed by atoms with Crippen LogP contribution in [0, 0.1) is 0 Å². The molecule has 4 nitrogen and oxygen atoms in total. The molecule has 1 aliphatic carbocycles. The Hall–Kier alpha value is -1.99. The summed E-state index contributed by atoms with van der Waals surface area (Å²) in [6, 6.07) is 22.7. The van der Waals surface area contributed by atoms with E-state index >= 15 is 0 Å². The topological polar surface area (TPSA) is 49.4 Å². The molecule has 3 aromatic carbocycles. The summed E-state index contributed by atoms with van der Waals surface area (Å²) in [6.45, 7) is 0.335. The zero-order valence-corrected chi connectivity index (χ0v) is 25.7. The average Bonchev–Trinajstić information content (AvgIpc) is 2.93. The predicted molar refractivity (Wildman–Crippen MR) is 166 cm³/mol. The Morgan fingerprint density at radius 2 is 1.59 bits per heavy atom. The lowest BCUT2D eigenvalue weighted by Gasteiger charge is -2.33. The van der Waals surface area contributed by atoms with Crippen LogP contribution in [0.1, 0.15) is 48.8 Å². The molecule has 8 heteroatoms. The van der Waals surface area contributed by atoms with Gasteiger partial charge in [-0.1, -0.05) is 107 Å². The summed E-state index contributed by atoms with van der Waals surface area (Å²) >= 11 is 17.7. The highest BCUT2D eigenvalue weighted by molar-refractivity contribution is 9.10. The second-order valence-corrected chi connectivity index (χ2v) is 12.6. The summed E-state index contributed by atoms with van der Waals surface area (Å²) < 4.78 is 0.932. The maximum absolute atomic E-state index is 13.9. The van der Waals surface area contributed by atoms with E-state index in [2.05, 4.69) is 21.2 Å². The van der Waals surface area contributed by atoms with Crippen LogP contribution in [0.2, 0.25) is 10.0 Å². The Morgan fingerprint density at radius 1 is 0.923 bits per heavy atom. The molecule has 0 bridgehead atoms. The summed E-state index contributed by atoms with van der Waals surface area (Å²) in [4.78, 5) is 29.5. The van der Waals surface area contributed by atoms with Crippen LogP contribution >= 0.6 is 50.9 Å². The van der Waals surface area contributed by atoms with Crippen molar-refractivity contribution in [2.75, 3.05) is 5.75 Å². The van der Waals surface area contributed by atoms with E-state index in [1.807, 2.05) is 60.7 Å². The Balaban J connectivity index is 1.58. The Morgan fingerprint density at radius 3 is 2.28 bits per heavy atom. The van der Waals surface area contributed by atoms with Crippen molar-refractivity contribution in [3.8, 4) is 0 Å². The van der Waals surface area contributed by atoms with Crippen molar-refractivity contribution in [2.24, 2.45) is 0 Å². The quantitative estimate of drug-likeness (QED) is 0.229. The summed E-state index contributed by atoms with van der Waals surface area (Å²) in [5.41, 5.74) is 2.79. The third-order valence-corrected chi connectivity index (χ3v) is 9.14. The molecular weight excluding hydrogens is 615 g/mol. The maximum Gasteiger partial charge on any atom is 0.243 e. The highest BCUT2D eigenvalue weighted by Gasteiger charge is 2.32. The maximum atomic E-state index is 13.9. The number of hydrogen-bond acceptors (Lipinski definition) is 3. The molecule has 0 heterocycles. The smallest absolute Gasteiger partial charge is 0.243 e. The summed E-state index contributed by atoms with van der Waals surface area (Å²) in [5.74, 6) is 0.528. The van der Waals surface area contributed by atoms with Gasteiger partial charge in [-0.3, -0.25) is 9.59 Å². The minimum absolute atomic E-state index is 0.0896. The number of rotatable bonds is 11. The number of carbonyl (C=O) groups excluding carboxylic acids is 2. The van der Waals surface area contributed by atoms with Crippen LogP contribution in [0.5, 0.6) is 0 Å². The fourth-order valence-corrected chi connectivity index (χ4v) is 7.02. The molecule has 1 fully saturated rings. The first-order valence-corrected chi connectivity index (χ1v) is 16.0. The van der Waals surface area contributed by atoms with E-state index in [9.17, 15) is 9.59 Å². The first-order chi connectivity index (χ1) is 18.9. The van der Waals surface area contributed by atoms with Gasteiger partial charge in [0.1, 0.15) is 6.04 Å². The monoisotopic (exact) mass is 646 g/mol. The van der Waals surface area contributed by atoms with E-state index in [4.69, 9.17) is 23.2 Å². The number of thioether (sulfide) groups is 1. The fourth-order valence-electron chi connectivity index (χ4n) is 4.92. The van der Waals surface area contributed by atoms with E-state index in [0.717, 1.165) is 46.8 Å². The molecule has 1 N–H and O–H groups in total. The van der Waals surface area contributed by atoms with Crippen molar-refractivity contribution in [3.63, 3.8) is 0 Å². The molecule has 4 rings (SSSR count).